The van der Waals surface area contributed by atoms with E-state index in [1.807, 2.05) is 0 Å². The Labute approximate surface area is 75.3 Å². The minimum atomic E-state index is -1.23. The number of rotatable bonds is 2. The van der Waals surface area contributed by atoms with Crippen molar-refractivity contribution in [1.82, 2.24) is 0 Å². The maximum atomic E-state index is 13.3. The van der Waals surface area contributed by atoms with Gasteiger partial charge in [-0.1, -0.05) is 30.3 Å². The molecule has 0 heterocycles. The van der Waals surface area contributed by atoms with E-state index >= 15 is 0 Å². The fourth-order valence-corrected chi connectivity index (χ4v) is 0.895. The zero-order chi connectivity index (χ0) is 9.84. The smallest absolute Gasteiger partial charge is 0.334 e. The maximum Gasteiger partial charge on any atom is 0.334 e. The average molecular weight is 180 g/mol. The van der Waals surface area contributed by atoms with Gasteiger partial charge in [-0.3, -0.25) is 0 Å². The Kier molecular flexibility index (Phi) is 2.80. The first-order valence-corrected chi connectivity index (χ1v) is 3.78. The van der Waals surface area contributed by atoms with Gasteiger partial charge in [-0.15, -0.1) is 0 Å². The topological polar surface area (TPSA) is 37.3 Å². The molecule has 0 saturated carbocycles. The Balaban J connectivity index is 3.11. The zero-order valence-corrected chi connectivity index (χ0v) is 7.12. The van der Waals surface area contributed by atoms with Crippen LogP contribution in [-0.4, -0.2) is 11.1 Å². The lowest BCUT2D eigenvalue weighted by Gasteiger charge is -1.99. The summed E-state index contributed by atoms with van der Waals surface area (Å²) in [6, 6.07) is 8.12. The molecule has 0 aromatic heterocycles. The van der Waals surface area contributed by atoms with Crippen LogP contribution in [-0.2, 0) is 4.79 Å². The van der Waals surface area contributed by atoms with Crippen molar-refractivity contribution in [2.24, 2.45) is 0 Å². The van der Waals surface area contributed by atoms with Gasteiger partial charge in [0.2, 0.25) is 0 Å². The van der Waals surface area contributed by atoms with E-state index in [0.717, 1.165) is 0 Å². The number of carboxylic acids is 1. The highest BCUT2D eigenvalue weighted by Gasteiger charge is 2.09. The predicted molar refractivity (Wildman–Crippen MR) is 47.8 cm³/mol. The van der Waals surface area contributed by atoms with Crippen LogP contribution in [0.4, 0.5) is 4.39 Å². The van der Waals surface area contributed by atoms with Crippen LogP contribution in [0.1, 0.15) is 12.5 Å². The predicted octanol–water partition coefficient (Wildman–Crippen LogP) is 2.47. The third-order valence-electron chi connectivity index (χ3n) is 1.68. The summed E-state index contributed by atoms with van der Waals surface area (Å²) >= 11 is 0. The van der Waals surface area contributed by atoms with E-state index in [4.69, 9.17) is 5.11 Å². The van der Waals surface area contributed by atoms with Crippen LogP contribution in [0.2, 0.25) is 0 Å². The number of aliphatic carboxylic acids is 1. The standard InChI is InChI=1S/C10H9FO2/c1-7(10(12)13)9(11)8-5-3-2-4-6-8/h2-6H,1H3,(H,12,13). The Morgan fingerprint density at radius 3 is 2.31 bits per heavy atom. The molecule has 1 N–H and O–H groups in total. The van der Waals surface area contributed by atoms with E-state index in [1.165, 1.54) is 19.1 Å². The van der Waals surface area contributed by atoms with E-state index in [1.54, 1.807) is 18.2 Å². The summed E-state index contributed by atoms with van der Waals surface area (Å²) < 4.78 is 13.3. The van der Waals surface area contributed by atoms with Crippen LogP contribution in [0.5, 0.6) is 0 Å². The van der Waals surface area contributed by atoms with Gasteiger partial charge in [0.1, 0.15) is 5.83 Å². The quantitative estimate of drug-likeness (QED) is 0.710. The molecule has 0 spiro atoms. The van der Waals surface area contributed by atoms with Gasteiger partial charge < -0.3 is 5.11 Å². The lowest BCUT2D eigenvalue weighted by molar-refractivity contribution is -0.132. The van der Waals surface area contributed by atoms with Gasteiger partial charge in [-0.2, -0.15) is 0 Å². The Morgan fingerprint density at radius 2 is 1.85 bits per heavy atom. The largest absolute Gasteiger partial charge is 0.478 e. The fraction of sp³-hybridized carbons (Fsp3) is 0.100. The molecule has 0 saturated heterocycles. The van der Waals surface area contributed by atoms with E-state index in [0.29, 0.717) is 5.56 Å². The molecule has 0 fully saturated rings. The molecule has 1 aromatic carbocycles. The second-order valence-electron chi connectivity index (χ2n) is 2.61. The summed E-state index contributed by atoms with van der Waals surface area (Å²) in [5.41, 5.74) is 0.0219. The van der Waals surface area contributed by atoms with Gasteiger partial charge in [-0.25, -0.2) is 9.18 Å². The number of hydrogen-bond acceptors (Lipinski definition) is 1. The Bertz CT molecular complexity index is 341. The normalized spacial score (nSPS) is 12.2. The summed E-state index contributed by atoms with van der Waals surface area (Å²) in [7, 11) is 0. The third-order valence-corrected chi connectivity index (χ3v) is 1.68. The molecule has 3 heteroatoms. The van der Waals surface area contributed by atoms with Crippen molar-refractivity contribution in [2.75, 3.05) is 0 Å². The number of benzene rings is 1. The van der Waals surface area contributed by atoms with Crippen molar-refractivity contribution < 1.29 is 14.3 Å². The highest BCUT2D eigenvalue weighted by molar-refractivity contribution is 5.93. The summed E-state index contributed by atoms with van der Waals surface area (Å²) in [6.45, 7) is 1.24. The van der Waals surface area contributed by atoms with Crippen LogP contribution >= 0.6 is 0 Å². The molecule has 0 aliphatic rings. The fourth-order valence-electron chi connectivity index (χ4n) is 0.895. The molecule has 68 valence electrons. The van der Waals surface area contributed by atoms with Gasteiger partial charge in [0, 0.05) is 5.56 Å². The monoisotopic (exact) mass is 180 g/mol. The van der Waals surface area contributed by atoms with Gasteiger partial charge in [-0.05, 0) is 6.92 Å². The number of halogens is 1. The van der Waals surface area contributed by atoms with Crippen molar-refractivity contribution in [3.05, 3.63) is 41.5 Å². The molecule has 0 radical (unpaired) electrons. The second kappa shape index (κ2) is 3.85. The first kappa shape index (κ1) is 9.45. The number of hydrogen-bond donors (Lipinski definition) is 1. The lowest BCUT2D eigenvalue weighted by atomic mass is 10.1. The minimum absolute atomic E-state index is 0.272. The zero-order valence-electron chi connectivity index (χ0n) is 7.12. The first-order valence-electron chi connectivity index (χ1n) is 3.78. The van der Waals surface area contributed by atoms with Crippen LogP contribution in [0.25, 0.3) is 5.83 Å². The van der Waals surface area contributed by atoms with Gasteiger partial charge in [0.25, 0.3) is 0 Å². The van der Waals surface area contributed by atoms with Gasteiger partial charge in [0.15, 0.2) is 0 Å². The second-order valence-corrected chi connectivity index (χ2v) is 2.61. The van der Waals surface area contributed by atoms with Gasteiger partial charge in [0.05, 0.1) is 5.57 Å². The summed E-state index contributed by atoms with van der Waals surface area (Å²) in [5, 5.41) is 8.52. The van der Waals surface area contributed by atoms with E-state index in [2.05, 4.69) is 0 Å². The molecule has 0 unspecified atom stereocenters. The van der Waals surface area contributed by atoms with Crippen LogP contribution in [0.3, 0.4) is 0 Å². The van der Waals surface area contributed by atoms with E-state index in [-0.39, 0.29) is 5.57 Å². The number of carboxylic acid groups (broad SMARTS) is 1. The van der Waals surface area contributed by atoms with Gasteiger partial charge >= 0.3 is 5.97 Å². The third kappa shape index (κ3) is 2.15. The molecule has 0 bridgehead atoms. The molecule has 0 amide bonds. The van der Waals surface area contributed by atoms with Crippen LogP contribution in [0, 0.1) is 0 Å². The molecular formula is C10H9FO2. The van der Waals surface area contributed by atoms with E-state index < -0.39 is 11.8 Å². The minimum Gasteiger partial charge on any atom is -0.478 e. The van der Waals surface area contributed by atoms with E-state index in [9.17, 15) is 9.18 Å². The SMILES string of the molecule is CC(C(=O)O)=C(F)c1ccccc1. The molecule has 0 aliphatic carbocycles. The van der Waals surface area contributed by atoms with Crippen molar-refractivity contribution in [2.45, 2.75) is 6.92 Å². The highest BCUT2D eigenvalue weighted by atomic mass is 19.1. The molecule has 1 rings (SSSR count). The summed E-state index contributed by atoms with van der Waals surface area (Å²) in [5.74, 6) is -1.92. The Morgan fingerprint density at radius 1 is 1.31 bits per heavy atom. The first-order chi connectivity index (χ1) is 6.13. The number of carbonyl (C=O) groups is 1. The maximum absolute atomic E-state index is 13.3. The molecule has 2 nitrogen and oxygen atoms in total. The van der Waals surface area contributed by atoms with Crippen LogP contribution in [0.15, 0.2) is 35.9 Å². The summed E-state index contributed by atoms with van der Waals surface area (Å²) in [4.78, 5) is 10.4. The lowest BCUT2D eigenvalue weighted by Crippen LogP contribution is -1.98. The molecule has 13 heavy (non-hydrogen) atoms. The molecular weight excluding hydrogens is 171 g/mol. The highest BCUT2D eigenvalue weighted by Crippen LogP contribution is 2.19. The van der Waals surface area contributed by atoms with Crippen molar-refractivity contribution in [1.29, 1.82) is 0 Å². The molecule has 1 aromatic rings. The molecule has 0 atom stereocenters. The summed E-state index contributed by atoms with van der Waals surface area (Å²) in [6.07, 6.45) is 0. The molecule has 0 aliphatic heterocycles. The average Bonchev–Trinajstić information content (AvgIpc) is 2.17. The van der Waals surface area contributed by atoms with Crippen LogP contribution < -0.4 is 0 Å². The Hall–Kier alpha value is -1.64. The van der Waals surface area contributed by atoms with Crippen molar-refractivity contribution >= 4 is 11.8 Å². The van der Waals surface area contributed by atoms with Crippen molar-refractivity contribution in [3.8, 4) is 0 Å². The van der Waals surface area contributed by atoms with Crippen molar-refractivity contribution in [3.63, 3.8) is 0 Å².